The van der Waals surface area contributed by atoms with Gasteiger partial charge in [0.05, 0.1) is 13.0 Å². The summed E-state index contributed by atoms with van der Waals surface area (Å²) < 4.78 is 7.58. The van der Waals surface area contributed by atoms with E-state index in [2.05, 4.69) is 40.8 Å². The van der Waals surface area contributed by atoms with Crippen LogP contribution in [-0.2, 0) is 23.0 Å². The topological polar surface area (TPSA) is 34.5 Å². The van der Waals surface area contributed by atoms with E-state index in [4.69, 9.17) is 4.74 Å². The first kappa shape index (κ1) is 15.7. The highest BCUT2D eigenvalue weighted by molar-refractivity contribution is 5.89. The maximum absolute atomic E-state index is 12.2. The maximum Gasteiger partial charge on any atom is 0.310 e. The fourth-order valence-corrected chi connectivity index (χ4v) is 4.78. The smallest absolute Gasteiger partial charge is 0.310 e. The molecule has 3 aliphatic heterocycles. The van der Waals surface area contributed by atoms with Crippen LogP contribution in [0.2, 0.25) is 0 Å². The minimum atomic E-state index is -0.114. The number of hydrogen-bond donors (Lipinski definition) is 0. The molecule has 24 heavy (non-hydrogen) atoms. The number of esters is 1. The van der Waals surface area contributed by atoms with Crippen LogP contribution < -0.4 is 0 Å². The van der Waals surface area contributed by atoms with E-state index in [0.717, 1.165) is 12.5 Å². The molecule has 0 aliphatic carbocycles. The van der Waals surface area contributed by atoms with Crippen LogP contribution in [0.5, 0.6) is 0 Å². The summed E-state index contributed by atoms with van der Waals surface area (Å²) in [6.45, 7) is 5.91. The van der Waals surface area contributed by atoms with Crippen LogP contribution in [0.3, 0.4) is 0 Å². The Morgan fingerprint density at radius 3 is 2.67 bits per heavy atom. The summed E-state index contributed by atoms with van der Waals surface area (Å²) in [6.07, 6.45) is 2.95. The number of hydrogen-bond acceptors (Lipinski definition) is 3. The van der Waals surface area contributed by atoms with E-state index in [1.165, 1.54) is 48.1 Å². The van der Waals surface area contributed by atoms with Gasteiger partial charge in [-0.1, -0.05) is 18.2 Å². The first-order chi connectivity index (χ1) is 11.7. The molecule has 4 heteroatoms. The van der Waals surface area contributed by atoms with E-state index in [-0.39, 0.29) is 5.97 Å². The fourth-order valence-electron chi connectivity index (χ4n) is 4.78. The van der Waals surface area contributed by atoms with Gasteiger partial charge in [-0.05, 0) is 50.4 Å². The molecular weight excluding hydrogens is 300 g/mol. The Morgan fingerprint density at radius 2 is 2.00 bits per heavy atom. The van der Waals surface area contributed by atoms with Gasteiger partial charge in [-0.25, -0.2) is 0 Å². The number of nitrogens with zero attached hydrogens (tertiary/aromatic N) is 2. The van der Waals surface area contributed by atoms with E-state index in [1.54, 1.807) is 0 Å². The van der Waals surface area contributed by atoms with Crippen molar-refractivity contribution in [2.75, 3.05) is 26.2 Å². The molecule has 4 nitrogen and oxygen atoms in total. The van der Waals surface area contributed by atoms with Gasteiger partial charge < -0.3 is 14.2 Å². The normalized spacial score (nSPS) is 26.0. The molecule has 0 saturated carbocycles. The van der Waals surface area contributed by atoms with Gasteiger partial charge >= 0.3 is 5.97 Å². The second kappa shape index (κ2) is 6.25. The third-order valence-electron chi connectivity index (χ3n) is 5.89. The highest BCUT2D eigenvalue weighted by Crippen LogP contribution is 2.42. The number of piperidine rings is 3. The predicted molar refractivity (Wildman–Crippen MR) is 95.2 cm³/mol. The summed E-state index contributed by atoms with van der Waals surface area (Å²) >= 11 is 0. The zero-order valence-corrected chi connectivity index (χ0v) is 14.6. The number of carbonyl (C=O) groups is 1. The molecule has 0 spiro atoms. The molecule has 1 atom stereocenters. The lowest BCUT2D eigenvalue weighted by Gasteiger charge is -2.45. The molecule has 1 aromatic carbocycles. The molecular formula is C20H26N2O2. The lowest BCUT2D eigenvalue weighted by atomic mass is 9.76. The molecule has 0 N–H and O–H groups in total. The van der Waals surface area contributed by atoms with Crippen molar-refractivity contribution in [2.24, 2.45) is 13.0 Å². The third-order valence-corrected chi connectivity index (χ3v) is 5.89. The number of aromatic nitrogens is 1. The first-order valence-electron chi connectivity index (χ1n) is 9.13. The Kier molecular flexibility index (Phi) is 4.09. The molecule has 4 heterocycles. The first-order valence-corrected chi connectivity index (χ1v) is 9.13. The third kappa shape index (κ3) is 2.53. The number of fused-ring (bicyclic) bond motifs is 4. The van der Waals surface area contributed by atoms with Crippen LogP contribution >= 0.6 is 0 Å². The van der Waals surface area contributed by atoms with Crippen molar-refractivity contribution in [3.8, 4) is 0 Å². The zero-order valence-electron chi connectivity index (χ0n) is 14.6. The predicted octanol–water partition coefficient (Wildman–Crippen LogP) is 3.09. The van der Waals surface area contributed by atoms with Gasteiger partial charge in [-0.15, -0.1) is 0 Å². The van der Waals surface area contributed by atoms with E-state index in [0.29, 0.717) is 18.9 Å². The second-order valence-electron chi connectivity index (χ2n) is 7.17. The molecule has 3 aliphatic rings. The van der Waals surface area contributed by atoms with Crippen molar-refractivity contribution in [3.05, 3.63) is 35.5 Å². The Bertz CT molecular complexity index is 756. The summed E-state index contributed by atoms with van der Waals surface area (Å²) in [7, 11) is 2.16. The van der Waals surface area contributed by atoms with Gasteiger partial charge in [-0.3, -0.25) is 4.79 Å². The Hall–Kier alpha value is -1.81. The van der Waals surface area contributed by atoms with Crippen molar-refractivity contribution in [1.82, 2.24) is 9.47 Å². The van der Waals surface area contributed by atoms with Crippen molar-refractivity contribution in [2.45, 2.75) is 32.1 Å². The van der Waals surface area contributed by atoms with Crippen molar-refractivity contribution in [3.63, 3.8) is 0 Å². The van der Waals surface area contributed by atoms with Crippen LogP contribution in [0.15, 0.2) is 24.3 Å². The van der Waals surface area contributed by atoms with Crippen LogP contribution in [0.4, 0.5) is 0 Å². The van der Waals surface area contributed by atoms with Gasteiger partial charge in [0.15, 0.2) is 0 Å². The monoisotopic (exact) mass is 326 g/mol. The van der Waals surface area contributed by atoms with Crippen LogP contribution in [0, 0.1) is 5.92 Å². The van der Waals surface area contributed by atoms with Crippen molar-refractivity contribution in [1.29, 1.82) is 0 Å². The standard InChI is InChI=1S/C20H26N2O2/c1-3-24-19(23)12-16-15-6-4-5-7-18(15)21(2)20(16)17-13-22-10-8-14(17)9-11-22/h4-7,14,17H,3,8-13H2,1-2H3. The maximum atomic E-state index is 12.2. The average Bonchev–Trinajstić information content (AvgIpc) is 2.89. The highest BCUT2D eigenvalue weighted by Gasteiger charge is 2.38. The van der Waals surface area contributed by atoms with Gasteiger partial charge in [0.25, 0.3) is 0 Å². The molecule has 3 fully saturated rings. The number of carbonyl (C=O) groups excluding carboxylic acids is 1. The van der Waals surface area contributed by atoms with E-state index < -0.39 is 0 Å². The highest BCUT2D eigenvalue weighted by atomic mass is 16.5. The lowest BCUT2D eigenvalue weighted by Crippen LogP contribution is -2.46. The van der Waals surface area contributed by atoms with E-state index in [1.807, 2.05) is 6.92 Å². The van der Waals surface area contributed by atoms with Gasteiger partial charge in [0, 0.05) is 36.1 Å². The number of aryl methyl sites for hydroxylation is 1. The SMILES string of the molecule is CCOC(=O)Cc1c(C2CN3CCC2CC3)n(C)c2ccccc12. The summed E-state index contributed by atoms with van der Waals surface area (Å²) in [6, 6.07) is 8.46. The molecule has 0 amide bonds. The average molecular weight is 326 g/mol. The Labute approximate surface area is 143 Å². The quantitative estimate of drug-likeness (QED) is 0.810. The second-order valence-corrected chi connectivity index (χ2v) is 7.17. The molecule has 128 valence electrons. The Morgan fingerprint density at radius 1 is 1.25 bits per heavy atom. The molecule has 1 unspecified atom stereocenters. The summed E-state index contributed by atoms with van der Waals surface area (Å²) in [5, 5.41) is 1.21. The van der Waals surface area contributed by atoms with Gasteiger partial charge in [0.2, 0.25) is 0 Å². The minimum absolute atomic E-state index is 0.114. The van der Waals surface area contributed by atoms with Gasteiger partial charge in [0.1, 0.15) is 0 Å². The molecule has 2 bridgehead atoms. The van der Waals surface area contributed by atoms with Crippen LogP contribution in [0.1, 0.15) is 36.9 Å². The number of ether oxygens (including phenoxy) is 1. The zero-order chi connectivity index (χ0) is 16.7. The number of benzene rings is 1. The molecule has 0 radical (unpaired) electrons. The molecule has 5 rings (SSSR count). The number of rotatable bonds is 4. The summed E-state index contributed by atoms with van der Waals surface area (Å²) in [5.41, 5.74) is 3.77. The Balaban J connectivity index is 1.81. The van der Waals surface area contributed by atoms with Crippen molar-refractivity contribution < 1.29 is 9.53 Å². The van der Waals surface area contributed by atoms with Crippen molar-refractivity contribution >= 4 is 16.9 Å². The van der Waals surface area contributed by atoms with E-state index in [9.17, 15) is 4.79 Å². The molecule has 1 aromatic heterocycles. The molecule has 2 aromatic rings. The van der Waals surface area contributed by atoms with E-state index >= 15 is 0 Å². The van der Waals surface area contributed by atoms with Crippen LogP contribution in [0.25, 0.3) is 10.9 Å². The van der Waals surface area contributed by atoms with Gasteiger partial charge in [-0.2, -0.15) is 0 Å². The minimum Gasteiger partial charge on any atom is -0.466 e. The number of para-hydroxylation sites is 1. The lowest BCUT2D eigenvalue weighted by molar-refractivity contribution is -0.142. The fraction of sp³-hybridized carbons (Fsp3) is 0.550. The van der Waals surface area contributed by atoms with Crippen LogP contribution in [-0.4, -0.2) is 41.7 Å². The summed E-state index contributed by atoms with van der Waals surface area (Å²) in [4.78, 5) is 14.8. The summed E-state index contributed by atoms with van der Waals surface area (Å²) in [5.74, 6) is 1.17. The largest absolute Gasteiger partial charge is 0.466 e. The molecule has 3 saturated heterocycles.